The van der Waals surface area contributed by atoms with Crippen LogP contribution in [-0.2, 0) is 16.1 Å². The predicted molar refractivity (Wildman–Crippen MR) is 104 cm³/mol. The Bertz CT molecular complexity index is 781. The number of nitrogens with two attached hydrogens (primary N) is 1. The summed E-state index contributed by atoms with van der Waals surface area (Å²) in [5, 5.41) is 2.30. The lowest BCUT2D eigenvalue weighted by molar-refractivity contribution is -0.697. The summed E-state index contributed by atoms with van der Waals surface area (Å²) in [6.45, 7) is 1.04. The minimum absolute atomic E-state index is 0.00148. The van der Waals surface area contributed by atoms with Crippen molar-refractivity contribution in [3.8, 4) is 0 Å². The van der Waals surface area contributed by atoms with E-state index in [0.717, 1.165) is 31.1 Å². The average Bonchev–Trinajstić information content (AvgIpc) is 2.66. The highest BCUT2D eigenvalue weighted by Crippen LogP contribution is 2.25. The third kappa shape index (κ3) is 7.32. The molecule has 1 heterocycles. The van der Waals surface area contributed by atoms with Gasteiger partial charge >= 0.3 is 0 Å². The number of imide groups is 1. The van der Waals surface area contributed by atoms with E-state index in [1.54, 1.807) is 24.3 Å². The normalized spacial score (nSPS) is 10.4. The summed E-state index contributed by atoms with van der Waals surface area (Å²) in [7, 11) is 0. The van der Waals surface area contributed by atoms with E-state index in [9.17, 15) is 14.4 Å². The second kappa shape index (κ2) is 11.3. The van der Waals surface area contributed by atoms with Crippen molar-refractivity contribution >= 4 is 28.7 Å². The van der Waals surface area contributed by atoms with Crippen molar-refractivity contribution in [2.24, 2.45) is 5.73 Å². The maximum Gasteiger partial charge on any atom is 0.258 e. The monoisotopic (exact) mass is 386 g/mol. The van der Waals surface area contributed by atoms with Gasteiger partial charge < -0.3 is 5.73 Å². The standard InChI is InChI=1S/C20H23N3O3S/c21-12-11-18(24)22-20(26)16-8-2-3-9-17(16)27-19(25)10-4-7-15-23-13-5-1-6-14-23/h1-3,5-6,8-9,13-14H,4,7,10-12,15,21H2/p+1. The number of nitrogens with zero attached hydrogens (tertiary/aromatic N) is 1. The molecule has 0 saturated heterocycles. The molecule has 0 atom stereocenters. The zero-order valence-corrected chi connectivity index (χ0v) is 15.9. The summed E-state index contributed by atoms with van der Waals surface area (Å²) in [5.41, 5.74) is 5.63. The Kier molecular flexibility index (Phi) is 8.67. The van der Waals surface area contributed by atoms with Gasteiger partial charge in [-0.25, -0.2) is 4.57 Å². The summed E-state index contributed by atoms with van der Waals surface area (Å²) < 4.78 is 2.08. The van der Waals surface area contributed by atoms with Gasteiger partial charge in [0.1, 0.15) is 6.54 Å². The molecule has 142 valence electrons. The Labute approximate surface area is 163 Å². The maximum absolute atomic E-state index is 12.3. The van der Waals surface area contributed by atoms with Crippen LogP contribution in [0, 0.1) is 0 Å². The van der Waals surface area contributed by atoms with Crippen LogP contribution < -0.4 is 15.6 Å². The molecule has 0 spiro atoms. The van der Waals surface area contributed by atoms with Crippen LogP contribution in [0.1, 0.15) is 36.0 Å². The number of nitrogens with one attached hydrogen (secondary N) is 1. The second-order valence-electron chi connectivity index (χ2n) is 5.96. The summed E-state index contributed by atoms with van der Waals surface area (Å²) in [6.07, 6.45) is 6.18. The van der Waals surface area contributed by atoms with Gasteiger partial charge in [0.05, 0.1) is 5.56 Å². The molecule has 0 unspecified atom stereocenters. The molecule has 2 rings (SSSR count). The van der Waals surface area contributed by atoms with Crippen molar-refractivity contribution in [1.29, 1.82) is 0 Å². The first kappa shape index (κ1) is 20.8. The van der Waals surface area contributed by atoms with E-state index >= 15 is 0 Å². The Morgan fingerprint density at radius 1 is 0.963 bits per heavy atom. The number of aromatic nitrogens is 1. The number of carbonyl (C=O) groups is 3. The quantitative estimate of drug-likeness (QED) is 0.391. The van der Waals surface area contributed by atoms with E-state index in [2.05, 4.69) is 9.88 Å². The van der Waals surface area contributed by atoms with Crippen LogP contribution in [0.15, 0.2) is 59.8 Å². The molecule has 0 aliphatic rings. The first-order valence-corrected chi connectivity index (χ1v) is 9.70. The van der Waals surface area contributed by atoms with Crippen LogP contribution in [0.5, 0.6) is 0 Å². The number of thioether (sulfide) groups is 1. The number of rotatable bonds is 9. The molecule has 0 aliphatic carbocycles. The molecule has 1 aromatic heterocycles. The van der Waals surface area contributed by atoms with E-state index in [-0.39, 0.29) is 18.1 Å². The molecular weight excluding hydrogens is 362 g/mol. The number of pyridine rings is 1. The fourth-order valence-electron chi connectivity index (χ4n) is 2.45. The van der Waals surface area contributed by atoms with Crippen LogP contribution in [0.3, 0.4) is 0 Å². The Morgan fingerprint density at radius 3 is 2.44 bits per heavy atom. The van der Waals surface area contributed by atoms with Crippen LogP contribution in [-0.4, -0.2) is 23.5 Å². The van der Waals surface area contributed by atoms with E-state index in [1.165, 1.54) is 0 Å². The van der Waals surface area contributed by atoms with Crippen LogP contribution in [0.4, 0.5) is 0 Å². The molecule has 0 radical (unpaired) electrons. The minimum Gasteiger partial charge on any atom is -0.330 e. The van der Waals surface area contributed by atoms with Crippen molar-refractivity contribution in [2.75, 3.05) is 6.54 Å². The first-order valence-electron chi connectivity index (χ1n) is 8.88. The van der Waals surface area contributed by atoms with E-state index in [1.807, 2.05) is 30.6 Å². The van der Waals surface area contributed by atoms with E-state index < -0.39 is 11.8 Å². The number of benzene rings is 1. The van der Waals surface area contributed by atoms with Gasteiger partial charge in [0.15, 0.2) is 17.5 Å². The van der Waals surface area contributed by atoms with Gasteiger partial charge in [0, 0.05) is 42.8 Å². The Balaban J connectivity index is 1.84. The highest BCUT2D eigenvalue weighted by atomic mass is 32.2. The largest absolute Gasteiger partial charge is 0.330 e. The van der Waals surface area contributed by atoms with Gasteiger partial charge in [-0.3, -0.25) is 19.7 Å². The molecule has 0 saturated carbocycles. The second-order valence-corrected chi connectivity index (χ2v) is 7.06. The van der Waals surface area contributed by atoms with Crippen molar-refractivity contribution in [3.63, 3.8) is 0 Å². The fourth-order valence-corrected chi connectivity index (χ4v) is 3.36. The predicted octanol–water partition coefficient (Wildman–Crippen LogP) is 2.07. The molecule has 27 heavy (non-hydrogen) atoms. The number of carbonyl (C=O) groups excluding carboxylic acids is 3. The molecule has 6 nitrogen and oxygen atoms in total. The van der Waals surface area contributed by atoms with Gasteiger partial charge in [-0.2, -0.15) is 0 Å². The molecule has 0 fully saturated rings. The average molecular weight is 386 g/mol. The molecule has 0 aliphatic heterocycles. The molecule has 2 aromatic rings. The van der Waals surface area contributed by atoms with Gasteiger partial charge in [-0.1, -0.05) is 30.0 Å². The maximum atomic E-state index is 12.3. The SMILES string of the molecule is NCCC(=O)NC(=O)c1ccccc1SC(=O)CCCC[n+]1ccccc1. The molecule has 2 amide bonds. The third-order valence-corrected chi connectivity index (χ3v) is 4.81. The highest BCUT2D eigenvalue weighted by molar-refractivity contribution is 8.13. The van der Waals surface area contributed by atoms with Gasteiger partial charge in [-0.05, 0) is 18.6 Å². The summed E-state index contributed by atoms with van der Waals surface area (Å²) in [6, 6.07) is 12.7. The Hall–Kier alpha value is -2.51. The van der Waals surface area contributed by atoms with Gasteiger partial charge in [0.25, 0.3) is 5.91 Å². The lowest BCUT2D eigenvalue weighted by Gasteiger charge is -2.08. The van der Waals surface area contributed by atoms with Crippen LogP contribution in [0.25, 0.3) is 0 Å². The summed E-state index contributed by atoms with van der Waals surface area (Å²) in [4.78, 5) is 36.6. The van der Waals surface area contributed by atoms with Crippen molar-refractivity contribution in [2.45, 2.75) is 37.1 Å². The number of hydrogen-bond donors (Lipinski definition) is 2. The van der Waals surface area contributed by atoms with Crippen molar-refractivity contribution in [3.05, 3.63) is 60.4 Å². The number of unbranched alkanes of at least 4 members (excludes halogenated alkanes) is 1. The number of aryl methyl sites for hydroxylation is 1. The third-order valence-electron chi connectivity index (χ3n) is 3.80. The Morgan fingerprint density at radius 2 is 1.70 bits per heavy atom. The van der Waals surface area contributed by atoms with E-state index in [0.29, 0.717) is 16.9 Å². The number of hydrogen-bond acceptors (Lipinski definition) is 5. The van der Waals surface area contributed by atoms with Crippen LogP contribution >= 0.6 is 11.8 Å². The zero-order chi connectivity index (χ0) is 19.5. The molecular formula is C20H24N3O3S+. The lowest BCUT2D eigenvalue weighted by Crippen LogP contribution is -2.32. The van der Waals surface area contributed by atoms with E-state index in [4.69, 9.17) is 5.73 Å². The van der Waals surface area contributed by atoms with Crippen molar-refractivity contribution in [1.82, 2.24) is 5.32 Å². The zero-order valence-electron chi connectivity index (χ0n) is 15.1. The highest BCUT2D eigenvalue weighted by Gasteiger charge is 2.16. The summed E-state index contributed by atoms with van der Waals surface area (Å²) in [5.74, 6) is -0.933. The molecule has 7 heteroatoms. The first-order chi connectivity index (χ1) is 13.1. The molecule has 1 aromatic carbocycles. The lowest BCUT2D eigenvalue weighted by atomic mass is 10.2. The van der Waals surface area contributed by atoms with Gasteiger partial charge in [-0.15, -0.1) is 0 Å². The van der Waals surface area contributed by atoms with Crippen molar-refractivity contribution < 1.29 is 19.0 Å². The minimum atomic E-state index is -0.509. The molecule has 3 N–H and O–H groups in total. The van der Waals surface area contributed by atoms with Crippen LogP contribution in [0.2, 0.25) is 0 Å². The smallest absolute Gasteiger partial charge is 0.258 e. The topological polar surface area (TPSA) is 93.1 Å². The fraction of sp³-hybridized carbons (Fsp3) is 0.300. The number of amides is 2. The summed E-state index contributed by atoms with van der Waals surface area (Å²) >= 11 is 1.04. The van der Waals surface area contributed by atoms with Gasteiger partial charge in [0.2, 0.25) is 5.91 Å². The molecule has 0 bridgehead atoms.